The van der Waals surface area contributed by atoms with Crippen molar-refractivity contribution in [3.63, 3.8) is 0 Å². The van der Waals surface area contributed by atoms with Crippen LogP contribution >= 0.6 is 23.2 Å². The van der Waals surface area contributed by atoms with Gasteiger partial charge >= 0.3 is 0 Å². The summed E-state index contributed by atoms with van der Waals surface area (Å²) in [5.74, 6) is -0.144. The van der Waals surface area contributed by atoms with Crippen LogP contribution in [0.25, 0.3) is 10.8 Å². The van der Waals surface area contributed by atoms with Crippen molar-refractivity contribution in [1.29, 1.82) is 0 Å². The van der Waals surface area contributed by atoms with Crippen LogP contribution in [-0.4, -0.2) is 15.9 Å². The van der Waals surface area contributed by atoms with Gasteiger partial charge in [0.2, 0.25) is 5.88 Å². The molecule has 4 rings (SSSR count). The van der Waals surface area contributed by atoms with Gasteiger partial charge in [-0.05, 0) is 29.8 Å². The topological polar surface area (TPSA) is 54.6 Å². The maximum atomic E-state index is 13.0. The Morgan fingerprint density at radius 2 is 1.52 bits per heavy atom. The lowest BCUT2D eigenvalue weighted by Gasteiger charge is -2.13. The first-order valence-corrected chi connectivity index (χ1v) is 9.67. The minimum absolute atomic E-state index is 0.144. The molecule has 144 valence electrons. The second-order valence-corrected chi connectivity index (χ2v) is 7.42. The van der Waals surface area contributed by atoms with E-state index in [-0.39, 0.29) is 18.0 Å². The first-order chi connectivity index (χ1) is 14.0. The van der Waals surface area contributed by atoms with Crippen molar-refractivity contribution in [3.8, 4) is 5.88 Å². The summed E-state index contributed by atoms with van der Waals surface area (Å²) in [6.07, 6.45) is 1.53. The summed E-state index contributed by atoms with van der Waals surface area (Å²) in [5.41, 5.74) is 1.65. The van der Waals surface area contributed by atoms with Gasteiger partial charge in [-0.15, -0.1) is 0 Å². The van der Waals surface area contributed by atoms with Crippen LogP contribution in [0.1, 0.15) is 11.1 Å². The van der Waals surface area contributed by atoms with Crippen molar-refractivity contribution in [2.24, 2.45) is 4.99 Å². The molecule has 0 aliphatic carbocycles. The molecule has 0 bridgehead atoms. The van der Waals surface area contributed by atoms with E-state index in [1.54, 1.807) is 36.4 Å². The zero-order chi connectivity index (χ0) is 20.4. The largest absolute Gasteiger partial charge is 0.494 e. The minimum atomic E-state index is -0.259. The first-order valence-electron chi connectivity index (χ1n) is 8.91. The molecular weight excluding hydrogens is 407 g/mol. The van der Waals surface area contributed by atoms with Gasteiger partial charge in [0.05, 0.1) is 17.8 Å². The third kappa shape index (κ3) is 4.04. The maximum absolute atomic E-state index is 13.0. The molecule has 0 spiro atoms. The third-order valence-corrected chi connectivity index (χ3v) is 5.00. The molecule has 29 heavy (non-hydrogen) atoms. The number of aliphatic imine (C=N–C) groups is 1. The summed E-state index contributed by atoms with van der Waals surface area (Å²) in [6, 6.07) is 21.6. The molecule has 1 N–H and O–H groups in total. The number of aromatic nitrogens is 1. The summed E-state index contributed by atoms with van der Waals surface area (Å²) in [6.45, 7) is 0.250. The van der Waals surface area contributed by atoms with E-state index in [1.165, 1.54) is 10.8 Å². The van der Waals surface area contributed by atoms with Gasteiger partial charge in [0, 0.05) is 27.0 Å². The number of hydrogen-bond donors (Lipinski definition) is 1. The number of fused-ring (bicyclic) bond motifs is 1. The standard InChI is InChI=1S/C23H16Cl2N2O2/c24-16-10-17(25)12-18(11-16)26-13-21-19-8-4-5-9-20(19)22(28)27(23(21)29)14-15-6-2-1-3-7-15/h1-13,29H,14H2. The van der Waals surface area contributed by atoms with Crippen LogP contribution < -0.4 is 5.56 Å². The van der Waals surface area contributed by atoms with Crippen molar-refractivity contribution in [2.45, 2.75) is 6.54 Å². The van der Waals surface area contributed by atoms with Crippen LogP contribution in [0.2, 0.25) is 10.0 Å². The van der Waals surface area contributed by atoms with Crippen LogP contribution in [0, 0.1) is 0 Å². The fourth-order valence-electron chi connectivity index (χ4n) is 3.20. The van der Waals surface area contributed by atoms with Crippen LogP contribution in [0.4, 0.5) is 5.69 Å². The Balaban J connectivity index is 1.88. The van der Waals surface area contributed by atoms with Crippen molar-refractivity contribution in [2.75, 3.05) is 0 Å². The molecule has 0 aliphatic rings. The molecule has 3 aromatic carbocycles. The lowest BCUT2D eigenvalue weighted by atomic mass is 10.1. The molecule has 4 aromatic rings. The van der Waals surface area contributed by atoms with Gasteiger partial charge in [-0.3, -0.25) is 14.4 Å². The Hall–Kier alpha value is -3.08. The average molecular weight is 423 g/mol. The van der Waals surface area contributed by atoms with Crippen molar-refractivity contribution < 1.29 is 5.11 Å². The summed E-state index contributed by atoms with van der Waals surface area (Å²) in [5, 5.41) is 13.0. The summed E-state index contributed by atoms with van der Waals surface area (Å²) >= 11 is 12.1. The second kappa shape index (κ2) is 8.11. The summed E-state index contributed by atoms with van der Waals surface area (Å²) in [4.78, 5) is 17.4. The number of rotatable bonds is 4. The van der Waals surface area contributed by atoms with Crippen LogP contribution in [0.15, 0.2) is 82.6 Å². The molecule has 1 heterocycles. The molecule has 0 amide bonds. The Labute approximate surface area is 177 Å². The molecular formula is C23H16Cl2N2O2. The second-order valence-electron chi connectivity index (χ2n) is 6.55. The van der Waals surface area contributed by atoms with E-state index >= 15 is 0 Å². The highest BCUT2D eigenvalue weighted by molar-refractivity contribution is 6.35. The zero-order valence-electron chi connectivity index (χ0n) is 15.2. The fraction of sp³-hybridized carbons (Fsp3) is 0.0435. The van der Waals surface area contributed by atoms with Crippen LogP contribution in [0.3, 0.4) is 0 Å². The van der Waals surface area contributed by atoms with Gasteiger partial charge in [-0.1, -0.05) is 71.7 Å². The Kier molecular flexibility index (Phi) is 5.38. The number of pyridine rings is 1. The van der Waals surface area contributed by atoms with E-state index in [9.17, 15) is 9.90 Å². The zero-order valence-corrected chi connectivity index (χ0v) is 16.7. The van der Waals surface area contributed by atoms with E-state index in [0.717, 1.165) is 5.56 Å². The molecule has 0 atom stereocenters. The van der Waals surface area contributed by atoms with Crippen LogP contribution in [0.5, 0.6) is 5.88 Å². The molecule has 1 aromatic heterocycles. The minimum Gasteiger partial charge on any atom is -0.494 e. The molecule has 0 unspecified atom stereocenters. The predicted octanol–water partition coefficient (Wildman–Crippen LogP) is 5.81. The van der Waals surface area contributed by atoms with E-state index in [0.29, 0.717) is 32.1 Å². The van der Waals surface area contributed by atoms with Crippen molar-refractivity contribution in [1.82, 2.24) is 4.57 Å². The van der Waals surface area contributed by atoms with Crippen molar-refractivity contribution in [3.05, 3.63) is 104 Å². The third-order valence-electron chi connectivity index (χ3n) is 4.56. The van der Waals surface area contributed by atoms with E-state index in [1.807, 2.05) is 36.4 Å². The van der Waals surface area contributed by atoms with E-state index < -0.39 is 0 Å². The highest BCUT2D eigenvalue weighted by Crippen LogP contribution is 2.27. The van der Waals surface area contributed by atoms with Crippen molar-refractivity contribution >= 4 is 45.9 Å². The fourth-order valence-corrected chi connectivity index (χ4v) is 3.72. The quantitative estimate of drug-likeness (QED) is 0.421. The number of nitrogens with zero attached hydrogens (tertiary/aromatic N) is 2. The smallest absolute Gasteiger partial charge is 0.261 e. The van der Waals surface area contributed by atoms with Gasteiger partial charge in [-0.2, -0.15) is 0 Å². The van der Waals surface area contributed by atoms with E-state index in [4.69, 9.17) is 23.2 Å². The lowest BCUT2D eigenvalue weighted by Crippen LogP contribution is -2.22. The summed E-state index contributed by atoms with van der Waals surface area (Å²) in [7, 11) is 0. The predicted molar refractivity (Wildman–Crippen MR) is 119 cm³/mol. The molecule has 0 fully saturated rings. The van der Waals surface area contributed by atoms with Gasteiger partial charge < -0.3 is 5.11 Å². The van der Waals surface area contributed by atoms with Crippen LogP contribution in [-0.2, 0) is 6.54 Å². The molecule has 4 nitrogen and oxygen atoms in total. The van der Waals surface area contributed by atoms with E-state index in [2.05, 4.69) is 4.99 Å². The molecule has 0 aliphatic heterocycles. The molecule has 0 saturated carbocycles. The Morgan fingerprint density at radius 3 is 2.21 bits per heavy atom. The van der Waals surface area contributed by atoms with Gasteiger partial charge in [0.1, 0.15) is 0 Å². The molecule has 0 radical (unpaired) electrons. The number of halogens is 2. The number of aromatic hydroxyl groups is 1. The Morgan fingerprint density at radius 1 is 0.897 bits per heavy atom. The maximum Gasteiger partial charge on any atom is 0.261 e. The lowest BCUT2D eigenvalue weighted by molar-refractivity contribution is 0.416. The summed E-state index contributed by atoms with van der Waals surface area (Å²) < 4.78 is 1.35. The van der Waals surface area contributed by atoms with Gasteiger partial charge in [-0.25, -0.2) is 0 Å². The average Bonchev–Trinajstić information content (AvgIpc) is 2.71. The first kappa shape index (κ1) is 19.2. The molecule has 0 saturated heterocycles. The normalized spacial score (nSPS) is 11.4. The highest BCUT2D eigenvalue weighted by atomic mass is 35.5. The number of hydrogen-bond acceptors (Lipinski definition) is 3. The Bertz CT molecular complexity index is 1260. The SMILES string of the molecule is O=c1c2ccccc2c(C=Nc2cc(Cl)cc(Cl)c2)c(O)n1Cc1ccccc1. The number of benzene rings is 3. The van der Waals surface area contributed by atoms with Gasteiger partial charge in [0.25, 0.3) is 5.56 Å². The monoisotopic (exact) mass is 422 g/mol. The molecule has 6 heteroatoms. The van der Waals surface area contributed by atoms with Gasteiger partial charge in [0.15, 0.2) is 0 Å². The highest BCUT2D eigenvalue weighted by Gasteiger charge is 2.15.